The standard InChI is InChI=1S/C12H16FNO2S/c1-17(15,16)12-5-7-14(8-6-12)11-4-2-3-10(13)9-11/h2-4,9,12H,5-8H2,1H3. The molecule has 1 heterocycles. The van der Waals surface area contributed by atoms with Crippen LogP contribution in [0.3, 0.4) is 0 Å². The lowest BCUT2D eigenvalue weighted by molar-refractivity contribution is 0.533. The molecule has 1 saturated heterocycles. The van der Waals surface area contributed by atoms with Crippen LogP contribution in [-0.2, 0) is 9.84 Å². The van der Waals surface area contributed by atoms with Crippen molar-refractivity contribution in [2.24, 2.45) is 0 Å². The third-order valence-corrected chi connectivity index (χ3v) is 4.90. The predicted molar refractivity (Wildman–Crippen MR) is 66.5 cm³/mol. The lowest BCUT2D eigenvalue weighted by Gasteiger charge is -2.32. The monoisotopic (exact) mass is 257 g/mol. The Labute approximate surface area is 101 Å². The Morgan fingerprint density at radius 3 is 2.47 bits per heavy atom. The Bertz CT molecular complexity index is 493. The molecule has 1 aromatic carbocycles. The molecule has 0 aromatic heterocycles. The van der Waals surface area contributed by atoms with E-state index in [1.165, 1.54) is 18.4 Å². The van der Waals surface area contributed by atoms with E-state index in [-0.39, 0.29) is 11.1 Å². The summed E-state index contributed by atoms with van der Waals surface area (Å²) in [5.41, 5.74) is 0.831. The van der Waals surface area contributed by atoms with Gasteiger partial charge in [0.2, 0.25) is 0 Å². The molecule has 1 fully saturated rings. The Kier molecular flexibility index (Phi) is 3.38. The van der Waals surface area contributed by atoms with E-state index in [4.69, 9.17) is 0 Å². The third kappa shape index (κ3) is 2.97. The van der Waals surface area contributed by atoms with Crippen LogP contribution in [-0.4, -0.2) is 33.0 Å². The first-order chi connectivity index (χ1) is 7.97. The summed E-state index contributed by atoms with van der Waals surface area (Å²) in [5, 5.41) is -0.243. The fourth-order valence-corrected chi connectivity index (χ4v) is 3.28. The molecule has 0 spiro atoms. The van der Waals surface area contributed by atoms with Gasteiger partial charge in [-0.2, -0.15) is 0 Å². The van der Waals surface area contributed by atoms with Crippen LogP contribution in [0.1, 0.15) is 12.8 Å². The minimum atomic E-state index is -2.94. The zero-order valence-electron chi connectivity index (χ0n) is 9.77. The highest BCUT2D eigenvalue weighted by Gasteiger charge is 2.26. The zero-order valence-corrected chi connectivity index (χ0v) is 10.6. The Balaban J connectivity index is 2.05. The van der Waals surface area contributed by atoms with Gasteiger partial charge in [-0.3, -0.25) is 0 Å². The van der Waals surface area contributed by atoms with Crippen LogP contribution in [0.25, 0.3) is 0 Å². The minimum Gasteiger partial charge on any atom is -0.371 e. The van der Waals surface area contributed by atoms with Crippen molar-refractivity contribution in [3.8, 4) is 0 Å². The van der Waals surface area contributed by atoms with E-state index in [2.05, 4.69) is 0 Å². The molecule has 0 amide bonds. The molecular weight excluding hydrogens is 241 g/mol. The number of benzene rings is 1. The van der Waals surface area contributed by atoms with Gasteiger partial charge in [-0.25, -0.2) is 12.8 Å². The van der Waals surface area contributed by atoms with Crippen molar-refractivity contribution in [2.75, 3.05) is 24.2 Å². The van der Waals surface area contributed by atoms with Gasteiger partial charge in [0, 0.05) is 25.0 Å². The summed E-state index contributed by atoms with van der Waals surface area (Å²) in [4.78, 5) is 2.03. The molecule has 1 aliphatic rings. The molecule has 0 atom stereocenters. The van der Waals surface area contributed by atoms with Crippen LogP contribution >= 0.6 is 0 Å². The van der Waals surface area contributed by atoms with Crippen molar-refractivity contribution < 1.29 is 12.8 Å². The topological polar surface area (TPSA) is 37.4 Å². The van der Waals surface area contributed by atoms with Crippen LogP contribution in [0, 0.1) is 5.82 Å². The van der Waals surface area contributed by atoms with Crippen LogP contribution in [0.2, 0.25) is 0 Å². The number of rotatable bonds is 2. The molecule has 0 aliphatic carbocycles. The van der Waals surface area contributed by atoms with Crippen molar-refractivity contribution in [1.29, 1.82) is 0 Å². The molecule has 0 bridgehead atoms. The maximum atomic E-state index is 13.1. The predicted octanol–water partition coefficient (Wildman–Crippen LogP) is 1.84. The van der Waals surface area contributed by atoms with Crippen molar-refractivity contribution in [3.05, 3.63) is 30.1 Å². The number of halogens is 1. The van der Waals surface area contributed by atoms with E-state index in [0.29, 0.717) is 25.9 Å². The van der Waals surface area contributed by atoms with Crippen LogP contribution in [0.4, 0.5) is 10.1 Å². The molecular formula is C12H16FNO2S. The first kappa shape index (κ1) is 12.4. The van der Waals surface area contributed by atoms with E-state index in [1.54, 1.807) is 6.07 Å². The highest BCUT2D eigenvalue weighted by Crippen LogP contribution is 2.23. The number of nitrogens with zero attached hydrogens (tertiary/aromatic N) is 1. The molecule has 3 nitrogen and oxygen atoms in total. The van der Waals surface area contributed by atoms with Crippen LogP contribution in [0.5, 0.6) is 0 Å². The van der Waals surface area contributed by atoms with Gasteiger partial charge >= 0.3 is 0 Å². The lowest BCUT2D eigenvalue weighted by Crippen LogP contribution is -2.39. The van der Waals surface area contributed by atoms with E-state index in [0.717, 1.165) is 5.69 Å². The van der Waals surface area contributed by atoms with Gasteiger partial charge in [0.1, 0.15) is 15.7 Å². The first-order valence-corrected chi connectivity index (χ1v) is 7.61. The molecule has 0 radical (unpaired) electrons. The zero-order chi connectivity index (χ0) is 12.5. The maximum Gasteiger partial charge on any atom is 0.150 e. The molecule has 94 valence electrons. The van der Waals surface area contributed by atoms with Gasteiger partial charge in [0.25, 0.3) is 0 Å². The average molecular weight is 257 g/mol. The number of anilines is 1. The summed E-state index contributed by atoms with van der Waals surface area (Å²) >= 11 is 0. The van der Waals surface area contributed by atoms with Crippen molar-refractivity contribution >= 4 is 15.5 Å². The van der Waals surface area contributed by atoms with Crippen LogP contribution < -0.4 is 4.90 Å². The Morgan fingerprint density at radius 1 is 1.29 bits per heavy atom. The van der Waals surface area contributed by atoms with Gasteiger partial charge in [-0.15, -0.1) is 0 Å². The number of hydrogen-bond acceptors (Lipinski definition) is 3. The van der Waals surface area contributed by atoms with E-state index >= 15 is 0 Å². The SMILES string of the molecule is CS(=O)(=O)C1CCN(c2cccc(F)c2)CC1. The third-order valence-electron chi connectivity index (χ3n) is 3.22. The minimum absolute atomic E-state index is 0.243. The number of piperidine rings is 1. The summed E-state index contributed by atoms with van der Waals surface area (Å²) < 4.78 is 35.9. The number of sulfone groups is 1. The van der Waals surface area contributed by atoms with E-state index in [1.807, 2.05) is 11.0 Å². The summed E-state index contributed by atoms with van der Waals surface area (Å²) in [6.45, 7) is 1.34. The molecule has 0 saturated carbocycles. The van der Waals surface area contributed by atoms with Gasteiger partial charge in [0.15, 0.2) is 0 Å². The second-order valence-corrected chi connectivity index (χ2v) is 6.82. The average Bonchev–Trinajstić information content (AvgIpc) is 2.28. The summed E-state index contributed by atoms with van der Waals surface area (Å²) in [5.74, 6) is -0.257. The maximum absolute atomic E-state index is 13.1. The first-order valence-electron chi connectivity index (χ1n) is 5.66. The van der Waals surface area contributed by atoms with E-state index in [9.17, 15) is 12.8 Å². The molecule has 1 aliphatic heterocycles. The summed E-state index contributed by atoms with van der Waals surface area (Å²) in [7, 11) is -2.94. The van der Waals surface area contributed by atoms with Gasteiger partial charge in [0.05, 0.1) is 5.25 Å². The fourth-order valence-electron chi connectivity index (χ4n) is 2.21. The van der Waals surface area contributed by atoms with Crippen LogP contribution in [0.15, 0.2) is 24.3 Å². The largest absolute Gasteiger partial charge is 0.371 e. The number of hydrogen-bond donors (Lipinski definition) is 0. The van der Waals surface area contributed by atoms with Crippen molar-refractivity contribution in [2.45, 2.75) is 18.1 Å². The molecule has 2 rings (SSSR count). The second kappa shape index (κ2) is 4.64. The van der Waals surface area contributed by atoms with Gasteiger partial charge in [-0.05, 0) is 31.0 Å². The summed E-state index contributed by atoms with van der Waals surface area (Å²) in [6.07, 6.45) is 2.53. The Hall–Kier alpha value is -1.10. The molecule has 17 heavy (non-hydrogen) atoms. The fraction of sp³-hybridized carbons (Fsp3) is 0.500. The Morgan fingerprint density at radius 2 is 1.94 bits per heavy atom. The van der Waals surface area contributed by atoms with Crippen molar-refractivity contribution in [3.63, 3.8) is 0 Å². The van der Waals surface area contributed by atoms with Gasteiger partial charge < -0.3 is 4.90 Å². The highest BCUT2D eigenvalue weighted by molar-refractivity contribution is 7.91. The second-order valence-electron chi connectivity index (χ2n) is 4.50. The molecule has 0 N–H and O–H groups in total. The smallest absolute Gasteiger partial charge is 0.150 e. The van der Waals surface area contributed by atoms with Crippen molar-refractivity contribution in [1.82, 2.24) is 0 Å². The molecule has 1 aromatic rings. The quantitative estimate of drug-likeness (QED) is 0.811. The molecule has 5 heteroatoms. The highest BCUT2D eigenvalue weighted by atomic mass is 32.2. The van der Waals surface area contributed by atoms with E-state index < -0.39 is 9.84 Å². The van der Waals surface area contributed by atoms with Gasteiger partial charge in [-0.1, -0.05) is 6.07 Å². The lowest BCUT2D eigenvalue weighted by atomic mass is 10.1. The normalized spacial score (nSPS) is 18.4. The summed E-state index contributed by atoms with van der Waals surface area (Å²) in [6, 6.07) is 6.42. The molecule has 0 unspecified atom stereocenters.